The predicted molar refractivity (Wildman–Crippen MR) is 114 cm³/mol. The van der Waals surface area contributed by atoms with Crippen LogP contribution >= 0.6 is 0 Å². The average molecular weight is 441 g/mol. The zero-order chi connectivity index (χ0) is 22.8. The van der Waals surface area contributed by atoms with Gasteiger partial charge in [0.05, 0.1) is 12.7 Å². The van der Waals surface area contributed by atoms with Crippen molar-refractivity contribution in [1.29, 1.82) is 0 Å². The zero-order valence-electron chi connectivity index (χ0n) is 18.3. The van der Waals surface area contributed by atoms with Crippen LogP contribution in [-0.4, -0.2) is 55.7 Å². The predicted octanol–water partition coefficient (Wildman–Crippen LogP) is 2.46. The minimum atomic E-state index is -1.24. The number of carbonyl (C=O) groups excluding carboxylic acids is 2. The molecule has 2 aromatic rings. The van der Waals surface area contributed by atoms with E-state index in [1.165, 1.54) is 7.11 Å². The molecule has 0 radical (unpaired) electrons. The largest absolute Gasteiger partial charge is 0.491 e. The molecule has 32 heavy (non-hydrogen) atoms. The summed E-state index contributed by atoms with van der Waals surface area (Å²) in [6, 6.07) is 16.0. The van der Waals surface area contributed by atoms with Gasteiger partial charge in [0, 0.05) is 6.54 Å². The third-order valence-electron chi connectivity index (χ3n) is 5.61. The van der Waals surface area contributed by atoms with Crippen LogP contribution in [-0.2, 0) is 30.3 Å². The Hall–Kier alpha value is -2.94. The maximum absolute atomic E-state index is 13.3. The lowest BCUT2D eigenvalue weighted by atomic mass is 9.94. The lowest BCUT2D eigenvalue weighted by Crippen LogP contribution is -2.61. The quantitative estimate of drug-likeness (QED) is 0.655. The first-order chi connectivity index (χ1) is 15.3. The van der Waals surface area contributed by atoms with E-state index in [-0.39, 0.29) is 19.3 Å². The summed E-state index contributed by atoms with van der Waals surface area (Å²) in [6.07, 6.45) is -0.880. The number of ether oxygens (including phenoxy) is 5. The molecular formula is C24H27NO7. The van der Waals surface area contributed by atoms with Crippen LogP contribution in [0, 0.1) is 0 Å². The van der Waals surface area contributed by atoms with E-state index in [0.717, 1.165) is 5.56 Å². The van der Waals surface area contributed by atoms with Gasteiger partial charge in [-0.05, 0) is 43.7 Å². The molecule has 0 amide bonds. The molecule has 1 N–H and O–H groups in total. The number of hydrogen-bond acceptors (Lipinski definition) is 8. The van der Waals surface area contributed by atoms with E-state index in [1.807, 2.05) is 44.2 Å². The van der Waals surface area contributed by atoms with Crippen molar-refractivity contribution in [2.75, 3.05) is 20.3 Å². The van der Waals surface area contributed by atoms with Gasteiger partial charge in [-0.2, -0.15) is 0 Å². The summed E-state index contributed by atoms with van der Waals surface area (Å²) < 4.78 is 28.4. The molecule has 2 aliphatic rings. The van der Waals surface area contributed by atoms with Crippen LogP contribution in [0.4, 0.5) is 0 Å². The molecule has 0 bridgehead atoms. The van der Waals surface area contributed by atoms with Gasteiger partial charge in [0.1, 0.15) is 31.2 Å². The van der Waals surface area contributed by atoms with Gasteiger partial charge in [0.15, 0.2) is 11.3 Å². The summed E-state index contributed by atoms with van der Waals surface area (Å²) in [4.78, 5) is 25.0. The summed E-state index contributed by atoms with van der Waals surface area (Å²) in [5, 5.41) is 3.23. The standard InChI is InChI=1S/C24H27NO7/c1-23(2)31-19-13-25-24(20(19)32-23,22(27)29-14-16-7-5-4-6-8-16)15-30-18-11-9-17(10-12-18)21(26)28-3/h4-12,19-20,25H,13-15H2,1-3H3/t19-,20-,24+/m0/s1. The highest BCUT2D eigenvalue weighted by molar-refractivity contribution is 5.89. The maximum Gasteiger partial charge on any atom is 0.337 e. The van der Waals surface area contributed by atoms with Crippen LogP contribution in [0.2, 0.25) is 0 Å². The summed E-state index contributed by atoms with van der Waals surface area (Å²) >= 11 is 0. The number of rotatable bonds is 7. The number of nitrogens with one attached hydrogen (secondary N) is 1. The first-order valence-corrected chi connectivity index (χ1v) is 10.5. The highest BCUT2D eigenvalue weighted by atomic mass is 16.8. The van der Waals surface area contributed by atoms with Gasteiger partial charge in [-0.25, -0.2) is 9.59 Å². The van der Waals surface area contributed by atoms with E-state index in [1.54, 1.807) is 24.3 Å². The Morgan fingerprint density at radius 1 is 1.06 bits per heavy atom. The highest BCUT2D eigenvalue weighted by Crippen LogP contribution is 2.39. The average Bonchev–Trinajstić information content (AvgIpc) is 3.30. The highest BCUT2D eigenvalue weighted by Gasteiger charge is 2.62. The van der Waals surface area contributed by atoms with Gasteiger partial charge < -0.3 is 23.7 Å². The number of benzene rings is 2. The topological polar surface area (TPSA) is 92.3 Å². The van der Waals surface area contributed by atoms with Crippen molar-refractivity contribution in [2.24, 2.45) is 0 Å². The van der Waals surface area contributed by atoms with Gasteiger partial charge in [-0.1, -0.05) is 30.3 Å². The number of hydrogen-bond donors (Lipinski definition) is 1. The van der Waals surface area contributed by atoms with E-state index in [4.69, 9.17) is 23.7 Å². The molecule has 0 spiro atoms. The Labute approximate surface area is 186 Å². The van der Waals surface area contributed by atoms with E-state index in [9.17, 15) is 9.59 Å². The molecule has 0 saturated carbocycles. The number of carbonyl (C=O) groups is 2. The molecule has 0 aromatic heterocycles. The van der Waals surface area contributed by atoms with E-state index in [2.05, 4.69) is 5.32 Å². The van der Waals surface area contributed by atoms with Crippen LogP contribution in [0.5, 0.6) is 5.75 Å². The zero-order valence-corrected chi connectivity index (χ0v) is 18.3. The van der Waals surface area contributed by atoms with Crippen molar-refractivity contribution < 1.29 is 33.3 Å². The van der Waals surface area contributed by atoms with Crippen LogP contribution in [0.3, 0.4) is 0 Å². The Balaban J connectivity index is 1.51. The molecule has 170 valence electrons. The summed E-state index contributed by atoms with van der Waals surface area (Å²) in [7, 11) is 1.32. The van der Waals surface area contributed by atoms with Crippen molar-refractivity contribution in [3.8, 4) is 5.75 Å². The number of methoxy groups -OCH3 is 1. The number of fused-ring (bicyclic) bond motifs is 1. The van der Waals surface area contributed by atoms with Crippen molar-refractivity contribution in [3.05, 3.63) is 65.7 Å². The van der Waals surface area contributed by atoms with E-state index >= 15 is 0 Å². The second kappa shape index (κ2) is 8.90. The molecule has 4 rings (SSSR count). The maximum atomic E-state index is 13.3. The van der Waals surface area contributed by atoms with Gasteiger partial charge in [0.2, 0.25) is 0 Å². The molecular weight excluding hydrogens is 414 g/mol. The van der Waals surface area contributed by atoms with Crippen LogP contribution in [0.25, 0.3) is 0 Å². The molecule has 0 aliphatic carbocycles. The van der Waals surface area contributed by atoms with Crippen molar-refractivity contribution in [1.82, 2.24) is 5.32 Å². The Kier molecular flexibility index (Phi) is 6.19. The lowest BCUT2D eigenvalue weighted by Gasteiger charge is -2.32. The molecule has 2 fully saturated rings. The molecule has 2 saturated heterocycles. The lowest BCUT2D eigenvalue weighted by molar-refractivity contribution is -0.176. The van der Waals surface area contributed by atoms with Gasteiger partial charge in [0.25, 0.3) is 0 Å². The molecule has 3 atom stereocenters. The molecule has 2 heterocycles. The minimum absolute atomic E-state index is 0.0290. The molecule has 8 heteroatoms. The molecule has 8 nitrogen and oxygen atoms in total. The second-order valence-electron chi connectivity index (χ2n) is 8.31. The molecule has 2 aromatic carbocycles. The smallest absolute Gasteiger partial charge is 0.337 e. The second-order valence-corrected chi connectivity index (χ2v) is 8.31. The monoisotopic (exact) mass is 441 g/mol. The normalized spacial score (nSPS) is 25.7. The fraction of sp³-hybridized carbons (Fsp3) is 0.417. The summed E-state index contributed by atoms with van der Waals surface area (Å²) in [6.45, 7) is 4.17. The van der Waals surface area contributed by atoms with Crippen LogP contribution in [0.1, 0.15) is 29.8 Å². The van der Waals surface area contributed by atoms with E-state index < -0.39 is 29.4 Å². The molecule has 0 unspecified atom stereocenters. The van der Waals surface area contributed by atoms with Gasteiger partial charge >= 0.3 is 11.9 Å². The fourth-order valence-corrected chi connectivity index (χ4v) is 4.02. The van der Waals surface area contributed by atoms with Crippen LogP contribution in [0.15, 0.2) is 54.6 Å². The summed E-state index contributed by atoms with van der Waals surface area (Å²) in [5.74, 6) is -1.22. The SMILES string of the molecule is COC(=O)c1ccc(OC[C@@]2(C(=O)OCc3ccccc3)NC[C@@H]3OC(C)(C)O[C@@H]32)cc1. The first-order valence-electron chi connectivity index (χ1n) is 10.5. The third kappa shape index (κ3) is 4.48. The van der Waals surface area contributed by atoms with Gasteiger partial charge in [-0.3, -0.25) is 5.32 Å². The molecule has 2 aliphatic heterocycles. The Bertz CT molecular complexity index is 960. The Morgan fingerprint density at radius 2 is 1.78 bits per heavy atom. The third-order valence-corrected chi connectivity index (χ3v) is 5.61. The van der Waals surface area contributed by atoms with Crippen molar-refractivity contribution in [3.63, 3.8) is 0 Å². The number of esters is 2. The summed E-state index contributed by atoms with van der Waals surface area (Å²) in [5.41, 5.74) is 0.0489. The van der Waals surface area contributed by atoms with Crippen molar-refractivity contribution in [2.45, 2.75) is 44.0 Å². The minimum Gasteiger partial charge on any atom is -0.491 e. The van der Waals surface area contributed by atoms with E-state index in [0.29, 0.717) is 17.9 Å². The fourth-order valence-electron chi connectivity index (χ4n) is 4.02. The van der Waals surface area contributed by atoms with Crippen LogP contribution < -0.4 is 10.1 Å². The Morgan fingerprint density at radius 3 is 2.47 bits per heavy atom. The first kappa shape index (κ1) is 22.3. The van der Waals surface area contributed by atoms with Crippen molar-refractivity contribution >= 4 is 11.9 Å². The van der Waals surface area contributed by atoms with Gasteiger partial charge in [-0.15, -0.1) is 0 Å².